The Hall–Kier alpha value is -1.57. The maximum atomic E-state index is 5.79. The van der Waals surface area contributed by atoms with Gasteiger partial charge in [-0.05, 0) is 24.3 Å². The molecule has 2 nitrogen and oxygen atoms in total. The van der Waals surface area contributed by atoms with E-state index < -0.39 is 0 Å². The van der Waals surface area contributed by atoms with Crippen LogP contribution in [0.4, 0.5) is 0 Å². The predicted octanol–water partition coefficient (Wildman–Crippen LogP) is 5.09. The summed E-state index contributed by atoms with van der Waals surface area (Å²) in [6.45, 7) is 3.08. The first-order valence-corrected chi connectivity index (χ1v) is 8.93. The van der Waals surface area contributed by atoms with Crippen molar-refractivity contribution in [1.82, 2.24) is 0 Å². The zero-order chi connectivity index (χ0) is 15.5. The van der Waals surface area contributed by atoms with Crippen LogP contribution in [-0.4, -0.2) is 6.61 Å². The van der Waals surface area contributed by atoms with E-state index in [9.17, 15) is 0 Å². The van der Waals surface area contributed by atoms with Crippen LogP contribution in [0.15, 0.2) is 42.7 Å². The van der Waals surface area contributed by atoms with E-state index >= 15 is 0 Å². The quantitative estimate of drug-likeness (QED) is 0.416. The van der Waals surface area contributed by atoms with Crippen LogP contribution in [0.25, 0.3) is 10.8 Å². The Balaban J connectivity index is 1.54. The van der Waals surface area contributed by atoms with Gasteiger partial charge in [0.05, 0.1) is 5.39 Å². The highest BCUT2D eigenvalue weighted by atomic mass is 16.7. The third-order valence-electron chi connectivity index (χ3n) is 4.15. The molecule has 0 aliphatic carbocycles. The van der Waals surface area contributed by atoms with Crippen molar-refractivity contribution in [3.63, 3.8) is 0 Å². The van der Waals surface area contributed by atoms with Crippen LogP contribution < -0.4 is 9.57 Å². The van der Waals surface area contributed by atoms with Crippen LogP contribution in [-0.2, 0) is 0 Å². The second-order valence-corrected chi connectivity index (χ2v) is 6.10. The average Bonchev–Trinajstić information content (AvgIpc) is 2.56. The van der Waals surface area contributed by atoms with Gasteiger partial charge in [-0.15, -0.1) is 0 Å². The third kappa shape index (κ3) is 6.05. The third-order valence-corrected chi connectivity index (χ3v) is 4.15. The Morgan fingerprint density at radius 2 is 1.41 bits per heavy atom. The van der Waals surface area contributed by atoms with Gasteiger partial charge in [-0.2, -0.15) is 0 Å². The molecular formula is C20H30NO+. The number of rotatable bonds is 11. The molecule has 0 unspecified atom stereocenters. The number of nitrogens with zero attached hydrogens (tertiary/aromatic N) is 1. The molecule has 0 amide bonds. The van der Waals surface area contributed by atoms with E-state index in [2.05, 4.69) is 43.5 Å². The van der Waals surface area contributed by atoms with Crippen LogP contribution in [0.3, 0.4) is 0 Å². The Kier molecular flexibility index (Phi) is 7.79. The Morgan fingerprint density at radius 3 is 2.14 bits per heavy atom. The summed E-state index contributed by atoms with van der Waals surface area (Å²) >= 11 is 0. The highest BCUT2D eigenvalue weighted by Gasteiger charge is 2.03. The van der Waals surface area contributed by atoms with Crippen molar-refractivity contribution in [1.29, 1.82) is 0 Å². The van der Waals surface area contributed by atoms with Crippen molar-refractivity contribution >= 4 is 10.8 Å². The van der Waals surface area contributed by atoms with Crippen LogP contribution in [0.2, 0.25) is 0 Å². The number of pyridine rings is 1. The fraction of sp³-hybridized carbons (Fsp3) is 0.550. The number of aromatic nitrogens is 1. The summed E-state index contributed by atoms with van der Waals surface area (Å²) in [5, 5.41) is 2.47. The summed E-state index contributed by atoms with van der Waals surface area (Å²) in [6.07, 6.45) is 16.2. The molecule has 0 atom stereocenters. The Labute approximate surface area is 135 Å². The summed E-state index contributed by atoms with van der Waals surface area (Å²) < 4.78 is 1.84. The van der Waals surface area contributed by atoms with Crippen molar-refractivity contribution in [3.8, 4) is 0 Å². The van der Waals surface area contributed by atoms with Gasteiger partial charge in [-0.3, -0.25) is 4.84 Å². The standard InChI is InChI=1S/C20H30NO/c1-2-3-4-5-6-7-8-9-12-17-22-21-16-15-19-13-10-11-14-20(19)18-21/h10-11,13-16,18H,2-9,12,17H2,1H3/q+1. The minimum absolute atomic E-state index is 0.804. The van der Waals surface area contributed by atoms with E-state index in [4.69, 9.17) is 4.84 Å². The molecule has 0 fully saturated rings. The van der Waals surface area contributed by atoms with Crippen molar-refractivity contribution < 1.29 is 9.57 Å². The largest absolute Gasteiger partial charge is 0.271 e. The summed E-state index contributed by atoms with van der Waals surface area (Å²) in [7, 11) is 0. The van der Waals surface area contributed by atoms with Gasteiger partial charge in [0.25, 0.3) is 0 Å². The molecule has 0 bridgehead atoms. The van der Waals surface area contributed by atoms with E-state index in [0.717, 1.165) is 13.0 Å². The van der Waals surface area contributed by atoms with Gasteiger partial charge in [-0.1, -0.05) is 70.1 Å². The Morgan fingerprint density at radius 1 is 0.773 bits per heavy atom. The van der Waals surface area contributed by atoms with Crippen LogP contribution in [0.5, 0.6) is 0 Å². The molecule has 1 aromatic carbocycles. The molecule has 120 valence electrons. The fourth-order valence-corrected chi connectivity index (χ4v) is 2.78. The molecule has 1 aromatic heterocycles. The SMILES string of the molecule is CCCCCCCCCCCO[n+]1ccc2ccccc2c1. The summed E-state index contributed by atoms with van der Waals surface area (Å²) in [6, 6.07) is 10.5. The molecule has 22 heavy (non-hydrogen) atoms. The first-order chi connectivity index (χ1) is 10.9. The zero-order valence-electron chi connectivity index (χ0n) is 14.0. The molecule has 0 saturated carbocycles. The number of unbranched alkanes of at least 4 members (excludes halogenated alkanes) is 8. The molecular weight excluding hydrogens is 270 g/mol. The lowest BCUT2D eigenvalue weighted by molar-refractivity contribution is -0.890. The van der Waals surface area contributed by atoms with E-state index in [1.165, 1.54) is 62.1 Å². The van der Waals surface area contributed by atoms with Gasteiger partial charge < -0.3 is 0 Å². The molecule has 0 radical (unpaired) electrons. The average molecular weight is 300 g/mol. The lowest BCUT2D eigenvalue weighted by Gasteiger charge is -2.02. The molecule has 1 heterocycles. The summed E-state index contributed by atoms with van der Waals surface area (Å²) in [5.74, 6) is 0. The second kappa shape index (κ2) is 10.2. The van der Waals surface area contributed by atoms with E-state index in [1.807, 2.05) is 10.9 Å². The molecule has 2 heteroatoms. The van der Waals surface area contributed by atoms with Gasteiger partial charge in [0.15, 0.2) is 6.61 Å². The van der Waals surface area contributed by atoms with Gasteiger partial charge in [0.2, 0.25) is 12.4 Å². The first kappa shape index (κ1) is 16.8. The van der Waals surface area contributed by atoms with Crippen molar-refractivity contribution in [2.45, 2.75) is 64.7 Å². The number of benzene rings is 1. The van der Waals surface area contributed by atoms with Crippen LogP contribution in [0, 0.1) is 0 Å². The minimum Gasteiger partial charge on any atom is -0.271 e. The molecule has 0 aliphatic rings. The Bertz CT molecular complexity index is 538. The lowest BCUT2D eigenvalue weighted by Crippen LogP contribution is -2.42. The van der Waals surface area contributed by atoms with Crippen molar-refractivity contribution in [3.05, 3.63) is 42.7 Å². The van der Waals surface area contributed by atoms with E-state index in [-0.39, 0.29) is 0 Å². The van der Waals surface area contributed by atoms with Gasteiger partial charge in [-0.25, -0.2) is 0 Å². The fourth-order valence-electron chi connectivity index (χ4n) is 2.78. The van der Waals surface area contributed by atoms with E-state index in [0.29, 0.717) is 0 Å². The van der Waals surface area contributed by atoms with Crippen LogP contribution >= 0.6 is 0 Å². The molecule has 2 rings (SSSR count). The predicted molar refractivity (Wildman–Crippen MR) is 92.8 cm³/mol. The maximum absolute atomic E-state index is 5.79. The molecule has 0 aliphatic heterocycles. The molecule has 0 N–H and O–H groups in total. The van der Waals surface area contributed by atoms with E-state index in [1.54, 1.807) is 0 Å². The van der Waals surface area contributed by atoms with Crippen molar-refractivity contribution in [2.24, 2.45) is 0 Å². The first-order valence-electron chi connectivity index (χ1n) is 8.93. The molecule has 0 saturated heterocycles. The zero-order valence-corrected chi connectivity index (χ0v) is 14.0. The highest BCUT2D eigenvalue weighted by Crippen LogP contribution is 2.10. The van der Waals surface area contributed by atoms with Crippen LogP contribution in [0.1, 0.15) is 64.7 Å². The lowest BCUT2D eigenvalue weighted by atomic mass is 10.1. The minimum atomic E-state index is 0.804. The van der Waals surface area contributed by atoms with Gasteiger partial charge >= 0.3 is 0 Å². The maximum Gasteiger partial charge on any atom is 0.230 e. The molecule has 2 aromatic rings. The van der Waals surface area contributed by atoms with Gasteiger partial charge in [0.1, 0.15) is 0 Å². The highest BCUT2D eigenvalue weighted by molar-refractivity contribution is 5.80. The second-order valence-electron chi connectivity index (χ2n) is 6.10. The summed E-state index contributed by atoms with van der Waals surface area (Å²) in [5.41, 5.74) is 0. The van der Waals surface area contributed by atoms with Crippen molar-refractivity contribution in [2.75, 3.05) is 6.61 Å². The topological polar surface area (TPSA) is 13.1 Å². The number of hydrogen-bond donors (Lipinski definition) is 0. The smallest absolute Gasteiger partial charge is 0.230 e. The van der Waals surface area contributed by atoms with Gasteiger partial charge in [0, 0.05) is 10.8 Å². The monoisotopic (exact) mass is 300 g/mol. The normalized spacial score (nSPS) is 11.0. The number of hydrogen-bond acceptors (Lipinski definition) is 1. The summed E-state index contributed by atoms with van der Waals surface area (Å²) in [4.78, 5) is 5.79. The number of fused-ring (bicyclic) bond motifs is 1. The molecule has 0 spiro atoms.